The second-order valence-electron chi connectivity index (χ2n) is 5.04. The van der Waals surface area contributed by atoms with E-state index in [-0.39, 0.29) is 11.6 Å². The summed E-state index contributed by atoms with van der Waals surface area (Å²) in [5.41, 5.74) is 0.503. The van der Waals surface area contributed by atoms with E-state index in [9.17, 15) is 13.6 Å². The zero-order valence-electron chi connectivity index (χ0n) is 13.4. The third-order valence-corrected chi connectivity index (χ3v) is 3.07. The lowest BCUT2D eigenvalue weighted by atomic mass is 10.3. The largest absolute Gasteiger partial charge is 0.385 e. The Morgan fingerprint density at radius 2 is 2.00 bits per heavy atom. The molecule has 0 atom stereocenters. The van der Waals surface area contributed by atoms with Crippen molar-refractivity contribution in [1.82, 2.24) is 15.3 Å². The lowest BCUT2D eigenvalue weighted by Gasteiger charge is -2.09. The normalized spacial score (nSPS) is 10.5. The van der Waals surface area contributed by atoms with Crippen LogP contribution in [0.25, 0.3) is 0 Å². The zero-order valence-corrected chi connectivity index (χ0v) is 13.4. The molecule has 1 amide bonds. The molecule has 2 aromatic rings. The van der Waals surface area contributed by atoms with Gasteiger partial charge in [-0.2, -0.15) is 0 Å². The van der Waals surface area contributed by atoms with Gasteiger partial charge in [-0.3, -0.25) is 4.79 Å². The number of aromatic nitrogens is 2. The molecule has 0 radical (unpaired) electrons. The second-order valence-corrected chi connectivity index (χ2v) is 5.04. The molecule has 0 unspecified atom stereocenters. The van der Waals surface area contributed by atoms with E-state index in [1.54, 1.807) is 14.0 Å². The Kier molecular flexibility index (Phi) is 6.14. The molecule has 1 heterocycles. The van der Waals surface area contributed by atoms with Crippen molar-refractivity contribution in [2.24, 2.45) is 0 Å². The summed E-state index contributed by atoms with van der Waals surface area (Å²) in [6.07, 6.45) is 0.687. The Balaban J connectivity index is 2.10. The summed E-state index contributed by atoms with van der Waals surface area (Å²) < 4.78 is 31.1. The Bertz CT molecular complexity index is 725. The summed E-state index contributed by atoms with van der Waals surface area (Å²) in [5.74, 6) is -1.55. The fraction of sp³-hybridized carbons (Fsp3) is 0.312. The predicted octanol–water partition coefficient (Wildman–Crippen LogP) is 2.57. The average molecular weight is 336 g/mol. The van der Waals surface area contributed by atoms with Gasteiger partial charge in [0, 0.05) is 38.1 Å². The predicted molar refractivity (Wildman–Crippen MR) is 85.2 cm³/mol. The third kappa shape index (κ3) is 4.95. The first-order valence-corrected chi connectivity index (χ1v) is 7.34. The van der Waals surface area contributed by atoms with E-state index in [1.807, 2.05) is 0 Å². The first-order chi connectivity index (χ1) is 11.5. The Morgan fingerprint density at radius 3 is 2.71 bits per heavy atom. The molecule has 0 aliphatic heterocycles. The van der Waals surface area contributed by atoms with E-state index in [0.717, 1.165) is 12.1 Å². The fourth-order valence-electron chi connectivity index (χ4n) is 1.98. The fourth-order valence-corrected chi connectivity index (χ4v) is 1.98. The molecule has 2 rings (SSSR count). The minimum atomic E-state index is -0.970. The van der Waals surface area contributed by atoms with Gasteiger partial charge in [0.05, 0.1) is 0 Å². The number of amides is 1. The van der Waals surface area contributed by atoms with Gasteiger partial charge in [0.15, 0.2) is 11.6 Å². The Hall–Kier alpha value is -2.61. The van der Waals surface area contributed by atoms with Gasteiger partial charge in [-0.05, 0) is 25.5 Å². The number of ether oxygens (including phenoxy) is 1. The van der Waals surface area contributed by atoms with E-state index >= 15 is 0 Å². The summed E-state index contributed by atoms with van der Waals surface area (Å²) in [6.45, 7) is 2.64. The lowest BCUT2D eigenvalue weighted by molar-refractivity contribution is 0.0943. The number of methoxy groups -OCH3 is 1. The highest BCUT2D eigenvalue weighted by molar-refractivity contribution is 5.93. The number of hydrogen-bond donors (Lipinski definition) is 2. The number of nitrogens with zero attached hydrogens (tertiary/aromatic N) is 2. The summed E-state index contributed by atoms with van der Waals surface area (Å²) in [7, 11) is 1.59. The van der Waals surface area contributed by atoms with Crippen molar-refractivity contribution in [2.45, 2.75) is 13.3 Å². The number of hydrogen-bond acceptors (Lipinski definition) is 5. The summed E-state index contributed by atoms with van der Waals surface area (Å²) in [5, 5.41) is 5.55. The molecule has 0 saturated carbocycles. The van der Waals surface area contributed by atoms with E-state index < -0.39 is 11.6 Å². The molecule has 0 fully saturated rings. The Morgan fingerprint density at radius 1 is 1.21 bits per heavy atom. The molecular formula is C16H18F2N4O2. The van der Waals surface area contributed by atoms with Crippen LogP contribution in [-0.2, 0) is 4.74 Å². The maximum atomic E-state index is 13.2. The maximum absolute atomic E-state index is 13.2. The third-order valence-electron chi connectivity index (χ3n) is 3.07. The number of rotatable bonds is 7. The number of halogens is 2. The van der Waals surface area contributed by atoms with Crippen molar-refractivity contribution < 1.29 is 18.3 Å². The molecule has 1 aromatic heterocycles. The first kappa shape index (κ1) is 17.7. The van der Waals surface area contributed by atoms with Gasteiger partial charge >= 0.3 is 0 Å². The van der Waals surface area contributed by atoms with Gasteiger partial charge in [-0.1, -0.05) is 0 Å². The van der Waals surface area contributed by atoms with Crippen LogP contribution >= 0.6 is 0 Å². The van der Waals surface area contributed by atoms with Crippen LogP contribution in [0.15, 0.2) is 24.3 Å². The molecule has 0 bridgehead atoms. The number of anilines is 2. The molecule has 0 aliphatic carbocycles. The Labute approximate surface area is 138 Å². The SMILES string of the molecule is COCCCNC(=O)c1cc(Nc2ccc(F)c(F)c2)nc(C)n1. The lowest BCUT2D eigenvalue weighted by Crippen LogP contribution is -2.26. The van der Waals surface area contributed by atoms with Crippen LogP contribution in [0.1, 0.15) is 22.7 Å². The van der Waals surface area contributed by atoms with Gasteiger partial charge in [0.25, 0.3) is 5.91 Å². The van der Waals surface area contributed by atoms with Crippen molar-refractivity contribution in [1.29, 1.82) is 0 Å². The maximum Gasteiger partial charge on any atom is 0.270 e. The molecule has 24 heavy (non-hydrogen) atoms. The standard InChI is InChI=1S/C16H18F2N4O2/c1-10-20-14(16(23)19-6-3-7-24-2)9-15(21-10)22-11-4-5-12(17)13(18)8-11/h4-5,8-9H,3,6-7H2,1-2H3,(H,19,23)(H,20,21,22). The van der Waals surface area contributed by atoms with E-state index in [4.69, 9.17) is 4.74 Å². The molecule has 128 valence electrons. The van der Waals surface area contributed by atoms with Gasteiger partial charge in [0.2, 0.25) is 0 Å². The quantitative estimate of drug-likeness (QED) is 0.760. The van der Waals surface area contributed by atoms with Crippen molar-refractivity contribution in [3.63, 3.8) is 0 Å². The van der Waals surface area contributed by atoms with E-state index in [1.165, 1.54) is 12.1 Å². The van der Waals surface area contributed by atoms with Crippen molar-refractivity contribution in [3.8, 4) is 0 Å². The monoisotopic (exact) mass is 336 g/mol. The van der Waals surface area contributed by atoms with E-state index in [0.29, 0.717) is 36.9 Å². The van der Waals surface area contributed by atoms with Crippen LogP contribution in [-0.4, -0.2) is 36.1 Å². The molecule has 0 saturated heterocycles. The molecule has 1 aromatic carbocycles. The van der Waals surface area contributed by atoms with Gasteiger partial charge in [0.1, 0.15) is 17.3 Å². The number of carbonyl (C=O) groups is 1. The topological polar surface area (TPSA) is 76.1 Å². The smallest absolute Gasteiger partial charge is 0.270 e. The highest BCUT2D eigenvalue weighted by atomic mass is 19.2. The second kappa shape index (κ2) is 8.30. The molecule has 0 aliphatic rings. The summed E-state index contributed by atoms with van der Waals surface area (Å²) >= 11 is 0. The molecule has 8 heteroatoms. The number of carbonyl (C=O) groups excluding carboxylic acids is 1. The molecule has 0 spiro atoms. The molecular weight excluding hydrogens is 318 g/mol. The first-order valence-electron chi connectivity index (χ1n) is 7.34. The number of benzene rings is 1. The van der Waals surface area contributed by atoms with Crippen LogP contribution in [0.5, 0.6) is 0 Å². The highest BCUT2D eigenvalue weighted by Gasteiger charge is 2.11. The van der Waals surface area contributed by atoms with Crippen LogP contribution in [0.2, 0.25) is 0 Å². The van der Waals surface area contributed by atoms with Crippen LogP contribution in [0, 0.1) is 18.6 Å². The molecule has 2 N–H and O–H groups in total. The van der Waals surface area contributed by atoms with Crippen LogP contribution < -0.4 is 10.6 Å². The van der Waals surface area contributed by atoms with Crippen LogP contribution in [0.4, 0.5) is 20.3 Å². The van der Waals surface area contributed by atoms with Crippen molar-refractivity contribution in [3.05, 3.63) is 47.4 Å². The number of nitrogens with one attached hydrogen (secondary N) is 2. The van der Waals surface area contributed by atoms with Crippen molar-refractivity contribution in [2.75, 3.05) is 25.6 Å². The minimum Gasteiger partial charge on any atom is -0.385 e. The average Bonchev–Trinajstić information content (AvgIpc) is 2.54. The minimum absolute atomic E-state index is 0.185. The zero-order chi connectivity index (χ0) is 17.5. The highest BCUT2D eigenvalue weighted by Crippen LogP contribution is 2.18. The molecule has 6 nitrogen and oxygen atoms in total. The summed E-state index contributed by atoms with van der Waals surface area (Å²) in [4.78, 5) is 20.3. The van der Waals surface area contributed by atoms with Crippen LogP contribution in [0.3, 0.4) is 0 Å². The number of aryl methyl sites for hydroxylation is 1. The summed E-state index contributed by atoms with van der Waals surface area (Å²) in [6, 6.07) is 4.84. The van der Waals surface area contributed by atoms with Crippen molar-refractivity contribution >= 4 is 17.4 Å². The van der Waals surface area contributed by atoms with Gasteiger partial charge in [-0.15, -0.1) is 0 Å². The van der Waals surface area contributed by atoms with Gasteiger partial charge in [-0.25, -0.2) is 18.7 Å². The van der Waals surface area contributed by atoms with E-state index in [2.05, 4.69) is 20.6 Å². The van der Waals surface area contributed by atoms with Gasteiger partial charge < -0.3 is 15.4 Å².